The second-order valence-electron chi connectivity index (χ2n) is 4.83. The van der Waals surface area contributed by atoms with Crippen molar-refractivity contribution in [2.45, 2.75) is 25.3 Å². The maximum Gasteiger partial charge on any atom is 0.255 e. The number of nitrogens with zero attached hydrogens (tertiary/aromatic N) is 1. The average molecular weight is 346 g/mol. The summed E-state index contributed by atoms with van der Waals surface area (Å²) in [4.78, 5) is 14.6. The number of rotatable bonds is 3. The molecule has 0 saturated carbocycles. The van der Waals surface area contributed by atoms with Crippen molar-refractivity contribution < 1.29 is 4.79 Å². The van der Waals surface area contributed by atoms with E-state index in [0.29, 0.717) is 10.6 Å². The smallest absolute Gasteiger partial charge is 0.255 e. The third kappa shape index (κ3) is 3.50. The molecule has 1 amide bonds. The lowest BCUT2D eigenvalue weighted by Crippen LogP contribution is -2.48. The van der Waals surface area contributed by atoms with E-state index < -0.39 is 0 Å². The van der Waals surface area contributed by atoms with Crippen LogP contribution < -0.4 is 5.32 Å². The van der Waals surface area contributed by atoms with Crippen LogP contribution in [0.1, 0.15) is 29.6 Å². The monoisotopic (exact) mass is 344 g/mol. The van der Waals surface area contributed by atoms with Crippen LogP contribution in [0.25, 0.3) is 0 Å². The van der Waals surface area contributed by atoms with Crippen LogP contribution in [0.2, 0.25) is 5.02 Å². The van der Waals surface area contributed by atoms with Crippen LogP contribution in [0.4, 0.5) is 0 Å². The summed E-state index contributed by atoms with van der Waals surface area (Å²) < 4.78 is 0.888. The van der Waals surface area contributed by atoms with Crippen LogP contribution >= 0.6 is 27.5 Å². The SMILES string of the molecule is CNCC1CCCCN1C(=O)c1ccc(Br)cc1Cl. The number of carbonyl (C=O) groups is 1. The Morgan fingerprint density at radius 2 is 2.32 bits per heavy atom. The Hall–Kier alpha value is -0.580. The number of piperidine rings is 1. The Balaban J connectivity index is 2.21. The first kappa shape index (κ1) is 14.8. The molecule has 1 aromatic carbocycles. The van der Waals surface area contributed by atoms with Gasteiger partial charge in [0.15, 0.2) is 0 Å². The molecule has 0 radical (unpaired) electrons. The molecule has 1 unspecified atom stereocenters. The highest BCUT2D eigenvalue weighted by Gasteiger charge is 2.27. The zero-order valence-electron chi connectivity index (χ0n) is 11.0. The number of hydrogen-bond acceptors (Lipinski definition) is 2. The Morgan fingerprint density at radius 1 is 1.53 bits per heavy atom. The van der Waals surface area contributed by atoms with Crippen molar-refractivity contribution in [3.63, 3.8) is 0 Å². The summed E-state index contributed by atoms with van der Waals surface area (Å²) in [5.41, 5.74) is 0.591. The molecule has 1 saturated heterocycles. The number of likely N-dealkylation sites (tertiary alicyclic amines) is 1. The van der Waals surface area contributed by atoms with E-state index in [2.05, 4.69) is 21.2 Å². The van der Waals surface area contributed by atoms with Gasteiger partial charge < -0.3 is 10.2 Å². The standard InChI is InChI=1S/C14H18BrClN2O/c1-17-9-11-4-2-3-7-18(11)14(19)12-6-5-10(15)8-13(12)16/h5-6,8,11,17H,2-4,7,9H2,1H3. The highest BCUT2D eigenvalue weighted by atomic mass is 79.9. The third-order valence-corrected chi connectivity index (χ3v) is 4.30. The number of halogens is 2. The summed E-state index contributed by atoms with van der Waals surface area (Å²) in [6.45, 7) is 1.65. The highest BCUT2D eigenvalue weighted by molar-refractivity contribution is 9.10. The molecule has 1 heterocycles. The van der Waals surface area contributed by atoms with Gasteiger partial charge in [-0.25, -0.2) is 0 Å². The minimum atomic E-state index is 0.0393. The van der Waals surface area contributed by atoms with E-state index in [1.807, 2.05) is 18.0 Å². The van der Waals surface area contributed by atoms with E-state index >= 15 is 0 Å². The lowest BCUT2D eigenvalue weighted by Gasteiger charge is -2.36. The number of benzene rings is 1. The van der Waals surface area contributed by atoms with Crippen molar-refractivity contribution in [3.05, 3.63) is 33.3 Å². The molecule has 0 spiro atoms. The van der Waals surface area contributed by atoms with Gasteiger partial charge in [0.05, 0.1) is 10.6 Å². The predicted octanol–water partition coefficient (Wildman–Crippen LogP) is 3.32. The normalized spacial score (nSPS) is 19.5. The van der Waals surface area contributed by atoms with Crippen LogP contribution in [-0.4, -0.2) is 37.0 Å². The molecule has 0 aromatic heterocycles. The van der Waals surface area contributed by atoms with E-state index in [4.69, 9.17) is 11.6 Å². The van der Waals surface area contributed by atoms with Crippen molar-refractivity contribution >= 4 is 33.4 Å². The minimum absolute atomic E-state index is 0.0393. The Kier molecular flexibility index (Phi) is 5.25. The fourth-order valence-electron chi connectivity index (χ4n) is 2.53. The molecule has 1 fully saturated rings. The first-order valence-electron chi connectivity index (χ1n) is 6.54. The fraction of sp³-hybridized carbons (Fsp3) is 0.500. The van der Waals surface area contributed by atoms with Crippen LogP contribution in [0, 0.1) is 0 Å². The number of amides is 1. The molecular formula is C14H18BrClN2O. The average Bonchev–Trinajstić information content (AvgIpc) is 2.39. The lowest BCUT2D eigenvalue weighted by molar-refractivity contribution is 0.0615. The van der Waals surface area contributed by atoms with Gasteiger partial charge in [0, 0.05) is 23.6 Å². The van der Waals surface area contributed by atoms with Crippen LogP contribution in [0.3, 0.4) is 0 Å². The van der Waals surface area contributed by atoms with Crippen molar-refractivity contribution in [1.29, 1.82) is 0 Å². The number of carbonyl (C=O) groups excluding carboxylic acids is 1. The van der Waals surface area contributed by atoms with Gasteiger partial charge >= 0.3 is 0 Å². The molecule has 0 aliphatic carbocycles. The largest absolute Gasteiger partial charge is 0.334 e. The Morgan fingerprint density at radius 3 is 3.00 bits per heavy atom. The van der Waals surface area contributed by atoms with Gasteiger partial charge in [0.2, 0.25) is 0 Å². The zero-order valence-corrected chi connectivity index (χ0v) is 13.3. The maximum absolute atomic E-state index is 12.6. The molecule has 3 nitrogen and oxygen atoms in total. The minimum Gasteiger partial charge on any atom is -0.334 e. The summed E-state index contributed by atoms with van der Waals surface area (Å²) in [7, 11) is 1.92. The van der Waals surface area contributed by atoms with E-state index in [1.165, 1.54) is 6.42 Å². The summed E-state index contributed by atoms with van der Waals surface area (Å²) in [5.74, 6) is 0.0393. The molecule has 2 rings (SSSR count). The van der Waals surface area contributed by atoms with E-state index in [9.17, 15) is 4.79 Å². The first-order valence-corrected chi connectivity index (χ1v) is 7.71. The van der Waals surface area contributed by atoms with Gasteiger partial charge in [-0.15, -0.1) is 0 Å². The molecule has 104 valence electrons. The second kappa shape index (κ2) is 6.73. The van der Waals surface area contributed by atoms with E-state index in [-0.39, 0.29) is 11.9 Å². The number of hydrogen-bond donors (Lipinski definition) is 1. The molecule has 19 heavy (non-hydrogen) atoms. The second-order valence-corrected chi connectivity index (χ2v) is 6.15. The van der Waals surface area contributed by atoms with Crippen molar-refractivity contribution in [3.8, 4) is 0 Å². The summed E-state index contributed by atoms with van der Waals surface area (Å²) in [6.07, 6.45) is 3.31. The van der Waals surface area contributed by atoms with Crippen molar-refractivity contribution in [2.75, 3.05) is 20.1 Å². The molecular weight excluding hydrogens is 328 g/mol. The first-order chi connectivity index (χ1) is 9.13. The van der Waals surface area contributed by atoms with E-state index in [1.54, 1.807) is 12.1 Å². The molecule has 1 atom stereocenters. The van der Waals surface area contributed by atoms with Gasteiger partial charge in [-0.1, -0.05) is 27.5 Å². The molecule has 1 aromatic rings. The molecule has 1 aliphatic rings. The molecule has 5 heteroatoms. The highest BCUT2D eigenvalue weighted by Crippen LogP contribution is 2.25. The Bertz CT molecular complexity index is 465. The van der Waals surface area contributed by atoms with Crippen LogP contribution in [0.5, 0.6) is 0 Å². The topological polar surface area (TPSA) is 32.3 Å². The lowest BCUT2D eigenvalue weighted by atomic mass is 10.0. The molecule has 0 bridgehead atoms. The van der Waals surface area contributed by atoms with Crippen LogP contribution in [-0.2, 0) is 0 Å². The number of likely N-dealkylation sites (N-methyl/N-ethyl adjacent to an activating group) is 1. The van der Waals surface area contributed by atoms with Gasteiger partial charge in [0.25, 0.3) is 5.91 Å². The third-order valence-electron chi connectivity index (χ3n) is 3.49. The van der Waals surface area contributed by atoms with Gasteiger partial charge in [-0.3, -0.25) is 4.79 Å². The number of nitrogens with one attached hydrogen (secondary N) is 1. The predicted molar refractivity (Wildman–Crippen MR) is 81.8 cm³/mol. The van der Waals surface area contributed by atoms with Crippen molar-refractivity contribution in [2.24, 2.45) is 0 Å². The van der Waals surface area contributed by atoms with Gasteiger partial charge in [0.1, 0.15) is 0 Å². The summed E-state index contributed by atoms with van der Waals surface area (Å²) in [6, 6.07) is 5.69. The van der Waals surface area contributed by atoms with Crippen molar-refractivity contribution in [1.82, 2.24) is 10.2 Å². The maximum atomic E-state index is 12.6. The summed E-state index contributed by atoms with van der Waals surface area (Å²) >= 11 is 9.53. The quantitative estimate of drug-likeness (QED) is 0.911. The molecule has 1 N–H and O–H groups in total. The van der Waals surface area contributed by atoms with Gasteiger partial charge in [-0.05, 0) is 44.5 Å². The molecule has 1 aliphatic heterocycles. The van der Waals surface area contributed by atoms with Gasteiger partial charge in [-0.2, -0.15) is 0 Å². The Labute approximate surface area is 127 Å². The summed E-state index contributed by atoms with van der Waals surface area (Å²) in [5, 5.41) is 3.67. The van der Waals surface area contributed by atoms with Crippen LogP contribution in [0.15, 0.2) is 22.7 Å². The fourth-order valence-corrected chi connectivity index (χ4v) is 3.29. The zero-order chi connectivity index (χ0) is 13.8. The van der Waals surface area contributed by atoms with E-state index in [0.717, 1.165) is 30.4 Å².